The van der Waals surface area contributed by atoms with Gasteiger partial charge in [-0.3, -0.25) is 4.79 Å². The maximum atomic E-state index is 14.2. The number of aliphatic hydroxyl groups is 1. The fourth-order valence-electron chi connectivity index (χ4n) is 6.93. The first-order valence-corrected chi connectivity index (χ1v) is 17.0. The van der Waals surface area contributed by atoms with E-state index in [0.717, 1.165) is 38.9 Å². The van der Waals surface area contributed by atoms with Crippen LogP contribution in [0.4, 0.5) is 23.4 Å². The summed E-state index contributed by atoms with van der Waals surface area (Å²) >= 11 is 7.11. The lowest BCUT2D eigenvalue weighted by molar-refractivity contribution is -0.141. The summed E-state index contributed by atoms with van der Waals surface area (Å²) in [6, 6.07) is 16.6. The lowest BCUT2D eigenvalue weighted by Gasteiger charge is -2.42. The Bertz CT molecular complexity index is 1960. The van der Waals surface area contributed by atoms with E-state index in [9.17, 15) is 27.5 Å². The van der Waals surface area contributed by atoms with Gasteiger partial charge in [-0.25, -0.2) is 9.37 Å². The molecule has 0 saturated heterocycles. The van der Waals surface area contributed by atoms with Gasteiger partial charge in [0.25, 0.3) is 0 Å². The molecule has 15 heteroatoms. The fraction of sp³-hybridized carbons (Fsp3) is 0.378. The van der Waals surface area contributed by atoms with E-state index in [1.165, 1.54) is 7.11 Å². The van der Waals surface area contributed by atoms with Crippen LogP contribution >= 0.6 is 11.6 Å². The minimum absolute atomic E-state index is 0.0149. The zero-order valence-electron chi connectivity index (χ0n) is 28.4. The summed E-state index contributed by atoms with van der Waals surface area (Å²) in [5.41, 5.74) is 3.22. The highest BCUT2D eigenvalue weighted by molar-refractivity contribution is 6.36. The molecule has 0 aliphatic heterocycles. The van der Waals surface area contributed by atoms with E-state index in [4.69, 9.17) is 26.2 Å². The van der Waals surface area contributed by atoms with E-state index < -0.39 is 48.5 Å². The fourth-order valence-corrected chi connectivity index (χ4v) is 7.26. The lowest BCUT2D eigenvalue weighted by Crippen LogP contribution is -2.54. The lowest BCUT2D eigenvalue weighted by atomic mass is 9.76. The summed E-state index contributed by atoms with van der Waals surface area (Å²) in [7, 11) is 2.84. The Hall–Kier alpha value is -4.50. The van der Waals surface area contributed by atoms with Gasteiger partial charge in [0, 0.05) is 35.8 Å². The van der Waals surface area contributed by atoms with Crippen molar-refractivity contribution in [2.75, 3.05) is 32.8 Å². The number of anilines is 1. The Labute approximate surface area is 302 Å². The minimum Gasteiger partial charge on any atom is -0.496 e. The Morgan fingerprint density at radius 1 is 1.02 bits per heavy atom. The van der Waals surface area contributed by atoms with Gasteiger partial charge in [0.15, 0.2) is 11.5 Å². The number of ether oxygens (including phenoxy) is 2. The summed E-state index contributed by atoms with van der Waals surface area (Å²) in [5.74, 6) is -1.18. The number of hydrogen-bond acceptors (Lipinski definition) is 9. The highest BCUT2D eigenvalue weighted by Gasteiger charge is 2.42. The molecule has 1 heterocycles. The van der Waals surface area contributed by atoms with Gasteiger partial charge in [-0.2, -0.15) is 18.2 Å². The SMILES string of the molecule is COc1cc(-c2cccc(-c3cccc4c3CC[C@@H]4Nc3nc(OC)c(CNCC(=O)O)nc3C(F)(F)F)c2Cl)ccc1CNC1CC(O)(CF)C1. The average Bonchev–Trinajstić information content (AvgIpc) is 3.52. The second-order valence-electron chi connectivity index (χ2n) is 13.0. The molecule has 3 aromatic carbocycles. The largest absolute Gasteiger partial charge is 0.496 e. The standard InChI is InChI=1S/C37H38ClF4N5O5/c1-51-30-13-20(9-10-21(30)16-44-22-14-36(50,15-22)19-39)23-5-3-8-27(32(23)38)24-6-4-7-26-25(24)11-12-28(26)46-34-33(37(40,41)42)45-29(35(47-34)52-2)17-43-18-31(48)49/h3-10,13,22,28,43-44,50H,11-12,14-19H2,1-2H3,(H,46,47)(H,48,49)/t22?,28-,36?/m0/s1. The Kier molecular flexibility index (Phi) is 10.9. The normalized spacial score (nSPS) is 19.5. The number of rotatable bonds is 14. The Morgan fingerprint density at radius 2 is 1.75 bits per heavy atom. The van der Waals surface area contributed by atoms with Crippen molar-refractivity contribution in [3.8, 4) is 33.9 Å². The molecule has 5 N–H and O–H groups in total. The number of carboxylic acids is 1. The number of alkyl halides is 4. The van der Waals surface area contributed by atoms with Crippen LogP contribution in [0.3, 0.4) is 0 Å². The summed E-state index contributed by atoms with van der Waals surface area (Å²) in [4.78, 5) is 18.8. The number of benzene rings is 3. The number of aliphatic carboxylic acids is 1. The predicted octanol–water partition coefficient (Wildman–Crippen LogP) is 6.73. The highest BCUT2D eigenvalue weighted by atomic mass is 35.5. The van der Waals surface area contributed by atoms with Crippen LogP contribution in [0.15, 0.2) is 54.6 Å². The molecule has 2 aliphatic carbocycles. The molecular weight excluding hydrogens is 706 g/mol. The molecule has 6 rings (SSSR count). The third-order valence-electron chi connectivity index (χ3n) is 9.51. The molecule has 52 heavy (non-hydrogen) atoms. The molecule has 1 aromatic heterocycles. The number of fused-ring (bicyclic) bond motifs is 1. The molecule has 1 saturated carbocycles. The van der Waals surface area contributed by atoms with Crippen LogP contribution in [0.2, 0.25) is 5.02 Å². The van der Waals surface area contributed by atoms with Crippen LogP contribution < -0.4 is 25.4 Å². The number of nitrogens with one attached hydrogen (secondary N) is 3. The van der Waals surface area contributed by atoms with Crippen LogP contribution in [-0.4, -0.2) is 65.2 Å². The predicted molar refractivity (Wildman–Crippen MR) is 187 cm³/mol. The molecule has 0 amide bonds. The molecule has 0 radical (unpaired) electrons. The van der Waals surface area contributed by atoms with Crippen molar-refractivity contribution in [3.05, 3.63) is 87.7 Å². The first-order chi connectivity index (χ1) is 24.8. The molecule has 1 fully saturated rings. The quantitative estimate of drug-likeness (QED) is 0.0885. The van der Waals surface area contributed by atoms with E-state index in [0.29, 0.717) is 43.0 Å². The van der Waals surface area contributed by atoms with Gasteiger partial charge in [0.05, 0.1) is 37.4 Å². The number of carboxylic acid groups (broad SMARTS) is 1. The van der Waals surface area contributed by atoms with Crippen molar-refractivity contribution in [1.82, 2.24) is 20.6 Å². The smallest absolute Gasteiger partial charge is 0.437 e. The number of methoxy groups -OCH3 is 2. The Morgan fingerprint density at radius 3 is 2.44 bits per heavy atom. The van der Waals surface area contributed by atoms with Gasteiger partial charge >= 0.3 is 12.1 Å². The van der Waals surface area contributed by atoms with E-state index in [1.54, 1.807) is 7.11 Å². The topological polar surface area (TPSA) is 138 Å². The average molecular weight is 744 g/mol. The number of carbonyl (C=O) groups is 1. The maximum Gasteiger partial charge on any atom is 0.437 e. The minimum atomic E-state index is -4.85. The summed E-state index contributed by atoms with van der Waals surface area (Å²) in [5, 5.41) is 28.2. The summed E-state index contributed by atoms with van der Waals surface area (Å²) in [6.45, 7) is -1.04. The molecule has 0 bridgehead atoms. The molecule has 276 valence electrons. The van der Waals surface area contributed by atoms with Crippen molar-refractivity contribution in [2.24, 2.45) is 0 Å². The van der Waals surface area contributed by atoms with Gasteiger partial charge < -0.3 is 35.6 Å². The van der Waals surface area contributed by atoms with Crippen molar-refractivity contribution < 1.29 is 42.0 Å². The van der Waals surface area contributed by atoms with Gasteiger partial charge in [0.2, 0.25) is 5.88 Å². The molecule has 0 spiro atoms. The van der Waals surface area contributed by atoms with Gasteiger partial charge in [-0.05, 0) is 54.0 Å². The first kappa shape index (κ1) is 37.3. The summed E-state index contributed by atoms with van der Waals surface area (Å²) in [6.07, 6.45) is -3.10. The summed E-state index contributed by atoms with van der Waals surface area (Å²) < 4.78 is 66.6. The first-order valence-electron chi connectivity index (χ1n) is 16.6. The number of hydrogen-bond donors (Lipinski definition) is 5. The van der Waals surface area contributed by atoms with Crippen molar-refractivity contribution in [3.63, 3.8) is 0 Å². The third-order valence-corrected chi connectivity index (χ3v) is 9.92. The second kappa shape index (κ2) is 15.2. The number of halogens is 5. The number of nitrogens with zero attached hydrogens (tertiary/aromatic N) is 2. The second-order valence-corrected chi connectivity index (χ2v) is 13.4. The maximum absolute atomic E-state index is 14.2. The molecule has 4 aromatic rings. The van der Waals surface area contributed by atoms with Crippen LogP contribution in [-0.2, 0) is 30.5 Å². The van der Waals surface area contributed by atoms with Gasteiger partial charge in [0.1, 0.15) is 18.1 Å². The van der Waals surface area contributed by atoms with Crippen LogP contribution in [0.25, 0.3) is 22.3 Å². The van der Waals surface area contributed by atoms with Crippen LogP contribution in [0.5, 0.6) is 11.6 Å². The van der Waals surface area contributed by atoms with Crippen LogP contribution in [0, 0.1) is 0 Å². The van der Waals surface area contributed by atoms with E-state index in [-0.39, 0.29) is 24.2 Å². The molecule has 10 nitrogen and oxygen atoms in total. The van der Waals surface area contributed by atoms with Gasteiger partial charge in [-0.1, -0.05) is 60.1 Å². The molecule has 0 unspecified atom stereocenters. The van der Waals surface area contributed by atoms with Crippen LogP contribution in [0.1, 0.15) is 53.4 Å². The zero-order chi connectivity index (χ0) is 37.2. The van der Waals surface area contributed by atoms with E-state index in [2.05, 4.69) is 25.9 Å². The van der Waals surface area contributed by atoms with Crippen molar-refractivity contribution in [1.29, 1.82) is 0 Å². The van der Waals surface area contributed by atoms with Gasteiger partial charge in [-0.15, -0.1) is 0 Å². The molecular formula is C37H38ClF4N5O5. The molecule has 2 aliphatic rings. The van der Waals surface area contributed by atoms with E-state index >= 15 is 0 Å². The Balaban J connectivity index is 1.25. The highest BCUT2D eigenvalue weighted by Crippen LogP contribution is 2.45. The monoisotopic (exact) mass is 743 g/mol. The zero-order valence-corrected chi connectivity index (χ0v) is 29.2. The molecule has 1 atom stereocenters. The van der Waals surface area contributed by atoms with E-state index in [1.807, 2.05) is 54.6 Å². The number of aromatic nitrogens is 2. The van der Waals surface area contributed by atoms with Crippen molar-refractivity contribution in [2.45, 2.75) is 62.6 Å². The third kappa shape index (κ3) is 7.80. The van der Waals surface area contributed by atoms with Crippen molar-refractivity contribution >= 4 is 23.4 Å².